The Bertz CT molecular complexity index is 413. The molecule has 88 valence electrons. The van der Waals surface area contributed by atoms with Gasteiger partial charge >= 0.3 is 5.97 Å². The molecule has 1 aromatic rings. The Balaban J connectivity index is 3.19. The van der Waals surface area contributed by atoms with Crippen LogP contribution in [0.3, 0.4) is 0 Å². The van der Waals surface area contributed by atoms with Crippen LogP contribution in [0.2, 0.25) is 0 Å². The van der Waals surface area contributed by atoms with E-state index >= 15 is 0 Å². The molecule has 1 aromatic heterocycles. The quantitative estimate of drug-likeness (QED) is 0.402. The van der Waals surface area contributed by atoms with Gasteiger partial charge in [0.25, 0.3) is 6.43 Å². The molecule has 0 atom stereocenters. The van der Waals surface area contributed by atoms with Crippen LogP contribution in [0.15, 0.2) is 6.07 Å². The summed E-state index contributed by atoms with van der Waals surface area (Å²) in [7, 11) is 1.22. The number of esters is 1. The summed E-state index contributed by atoms with van der Waals surface area (Å²) in [5.74, 6) is -0.553. The minimum Gasteiger partial charge on any atom is -0.469 e. The molecular weight excluding hydrogens is 446 g/mol. The lowest BCUT2D eigenvalue weighted by Crippen LogP contribution is -2.10. The van der Waals surface area contributed by atoms with Crippen molar-refractivity contribution in [2.75, 3.05) is 7.11 Å². The highest BCUT2D eigenvalue weighted by atomic mass is 127. The molecule has 0 amide bonds. The van der Waals surface area contributed by atoms with E-state index in [4.69, 9.17) is 0 Å². The predicted octanol–water partition coefficient (Wildman–Crippen LogP) is 2.94. The number of alkyl halides is 2. The van der Waals surface area contributed by atoms with Gasteiger partial charge in [-0.2, -0.15) is 0 Å². The molecule has 0 saturated heterocycles. The van der Waals surface area contributed by atoms with Gasteiger partial charge in [-0.15, -0.1) is 0 Å². The molecule has 0 fully saturated rings. The van der Waals surface area contributed by atoms with Crippen LogP contribution in [0, 0.1) is 7.40 Å². The van der Waals surface area contributed by atoms with E-state index in [0.717, 1.165) is 0 Å². The standard InChI is InChI=1S/C9H7F2I2NO2/c1-16-7(15)3-5-4(8(10)11)2-6(12)14-9(5)13/h2,8H,3H2,1H3. The van der Waals surface area contributed by atoms with Crippen LogP contribution in [-0.2, 0) is 16.0 Å². The van der Waals surface area contributed by atoms with Crippen molar-refractivity contribution in [3.8, 4) is 0 Å². The van der Waals surface area contributed by atoms with Crippen molar-refractivity contribution in [2.24, 2.45) is 0 Å². The van der Waals surface area contributed by atoms with Gasteiger partial charge < -0.3 is 4.74 Å². The first-order valence-electron chi connectivity index (χ1n) is 4.15. The Hall–Kier alpha value is -0.0600. The molecule has 0 spiro atoms. The lowest BCUT2D eigenvalue weighted by molar-refractivity contribution is -0.139. The maximum Gasteiger partial charge on any atom is 0.310 e. The third kappa shape index (κ3) is 3.47. The summed E-state index contributed by atoms with van der Waals surface area (Å²) in [5, 5.41) is 0. The molecule has 1 heterocycles. The Morgan fingerprint density at radius 1 is 1.56 bits per heavy atom. The van der Waals surface area contributed by atoms with Crippen LogP contribution in [-0.4, -0.2) is 18.1 Å². The first kappa shape index (κ1) is 14.0. The SMILES string of the molecule is COC(=O)Cc1c(C(F)F)cc(I)nc1I. The summed E-state index contributed by atoms with van der Waals surface area (Å²) in [4.78, 5) is 15.1. The molecule has 0 bridgehead atoms. The summed E-state index contributed by atoms with van der Waals surface area (Å²) >= 11 is 3.70. The number of methoxy groups -OCH3 is 1. The van der Waals surface area contributed by atoms with Crippen LogP contribution in [0.1, 0.15) is 17.6 Å². The summed E-state index contributed by atoms with van der Waals surface area (Å²) < 4.78 is 30.9. The van der Waals surface area contributed by atoms with Crippen LogP contribution >= 0.6 is 45.2 Å². The van der Waals surface area contributed by atoms with Crippen molar-refractivity contribution in [2.45, 2.75) is 12.8 Å². The maximum atomic E-state index is 12.8. The van der Waals surface area contributed by atoms with E-state index in [1.165, 1.54) is 13.2 Å². The van der Waals surface area contributed by atoms with Crippen molar-refractivity contribution in [3.05, 3.63) is 24.6 Å². The van der Waals surface area contributed by atoms with Gasteiger partial charge in [-0.1, -0.05) is 0 Å². The zero-order chi connectivity index (χ0) is 12.3. The molecule has 3 nitrogen and oxygen atoms in total. The summed E-state index contributed by atoms with van der Waals surface area (Å²) in [6, 6.07) is 1.28. The fourth-order valence-corrected chi connectivity index (χ4v) is 2.91. The second-order valence-electron chi connectivity index (χ2n) is 2.86. The Labute approximate surface area is 118 Å². The fraction of sp³-hybridized carbons (Fsp3) is 0.333. The van der Waals surface area contributed by atoms with Crippen LogP contribution < -0.4 is 0 Å². The van der Waals surface area contributed by atoms with E-state index in [0.29, 0.717) is 7.40 Å². The molecule has 7 heteroatoms. The monoisotopic (exact) mass is 453 g/mol. The van der Waals surface area contributed by atoms with Gasteiger partial charge in [-0.05, 0) is 51.2 Å². The number of pyridine rings is 1. The lowest BCUT2D eigenvalue weighted by Gasteiger charge is -2.10. The maximum absolute atomic E-state index is 12.8. The zero-order valence-electron chi connectivity index (χ0n) is 8.14. The minimum absolute atomic E-state index is 0.158. The number of nitrogens with zero attached hydrogens (tertiary/aromatic N) is 1. The third-order valence-electron chi connectivity index (χ3n) is 1.86. The number of hydrogen-bond donors (Lipinski definition) is 0. The third-order valence-corrected chi connectivity index (χ3v) is 3.31. The van der Waals surface area contributed by atoms with Gasteiger partial charge in [0.2, 0.25) is 0 Å². The zero-order valence-corrected chi connectivity index (χ0v) is 12.5. The Morgan fingerprint density at radius 3 is 2.69 bits per heavy atom. The van der Waals surface area contributed by atoms with E-state index in [9.17, 15) is 13.6 Å². The molecule has 0 radical (unpaired) electrons. The summed E-state index contributed by atoms with van der Waals surface area (Å²) in [6.07, 6.45) is -2.80. The largest absolute Gasteiger partial charge is 0.469 e. The molecule has 1 rings (SSSR count). The average Bonchev–Trinajstić information content (AvgIpc) is 2.20. The Morgan fingerprint density at radius 2 is 2.19 bits per heavy atom. The smallest absolute Gasteiger partial charge is 0.310 e. The number of carbonyl (C=O) groups is 1. The van der Waals surface area contributed by atoms with Crippen LogP contribution in [0.5, 0.6) is 0 Å². The molecule has 16 heavy (non-hydrogen) atoms. The second-order valence-corrected chi connectivity index (χ2v) is 4.98. The Kier molecular flexibility index (Phi) is 5.28. The van der Waals surface area contributed by atoms with E-state index in [2.05, 4.69) is 9.72 Å². The average molecular weight is 453 g/mol. The molecule has 0 N–H and O–H groups in total. The van der Waals surface area contributed by atoms with Crippen molar-refractivity contribution in [1.82, 2.24) is 4.98 Å². The van der Waals surface area contributed by atoms with E-state index in [1.54, 1.807) is 0 Å². The van der Waals surface area contributed by atoms with E-state index in [1.807, 2.05) is 45.2 Å². The molecule has 0 unspecified atom stereocenters. The highest BCUT2D eigenvalue weighted by Crippen LogP contribution is 2.27. The number of hydrogen-bond acceptors (Lipinski definition) is 3. The first-order valence-corrected chi connectivity index (χ1v) is 6.31. The molecule has 0 saturated carbocycles. The van der Waals surface area contributed by atoms with Gasteiger partial charge in [-0.25, -0.2) is 13.8 Å². The van der Waals surface area contributed by atoms with Crippen molar-refractivity contribution in [3.63, 3.8) is 0 Å². The highest BCUT2D eigenvalue weighted by Gasteiger charge is 2.20. The van der Waals surface area contributed by atoms with Gasteiger partial charge in [0.05, 0.1) is 13.5 Å². The number of rotatable bonds is 3. The topological polar surface area (TPSA) is 39.2 Å². The van der Waals surface area contributed by atoms with Gasteiger partial charge in [0.15, 0.2) is 0 Å². The van der Waals surface area contributed by atoms with E-state index < -0.39 is 12.4 Å². The van der Waals surface area contributed by atoms with E-state index in [-0.39, 0.29) is 17.5 Å². The van der Waals surface area contributed by atoms with Crippen molar-refractivity contribution < 1.29 is 18.3 Å². The van der Waals surface area contributed by atoms with Crippen molar-refractivity contribution >= 4 is 51.2 Å². The number of ether oxygens (including phenoxy) is 1. The summed E-state index contributed by atoms with van der Waals surface area (Å²) in [5.41, 5.74) is 0.0806. The van der Waals surface area contributed by atoms with Crippen LogP contribution in [0.4, 0.5) is 8.78 Å². The molecule has 0 aliphatic rings. The molecule has 0 aliphatic heterocycles. The number of carbonyl (C=O) groups excluding carboxylic acids is 1. The molecular formula is C9H7F2I2NO2. The van der Waals surface area contributed by atoms with Gasteiger partial charge in [0.1, 0.15) is 7.40 Å². The lowest BCUT2D eigenvalue weighted by atomic mass is 10.1. The minimum atomic E-state index is -2.62. The fourth-order valence-electron chi connectivity index (χ4n) is 1.11. The normalized spacial score (nSPS) is 10.6. The van der Waals surface area contributed by atoms with Gasteiger partial charge in [0, 0.05) is 11.1 Å². The first-order chi connectivity index (χ1) is 7.45. The molecule has 0 aromatic carbocycles. The molecule has 0 aliphatic carbocycles. The van der Waals surface area contributed by atoms with Crippen LogP contribution in [0.25, 0.3) is 0 Å². The second kappa shape index (κ2) is 6.03. The summed E-state index contributed by atoms with van der Waals surface area (Å²) in [6.45, 7) is 0. The number of aromatic nitrogens is 1. The highest BCUT2D eigenvalue weighted by molar-refractivity contribution is 14.1. The predicted molar refractivity (Wildman–Crippen MR) is 70.3 cm³/mol. The van der Waals surface area contributed by atoms with Crippen molar-refractivity contribution in [1.29, 1.82) is 0 Å². The van der Waals surface area contributed by atoms with Gasteiger partial charge in [-0.3, -0.25) is 4.79 Å². The number of halogens is 4.